The fraction of sp³-hybridized carbons (Fsp3) is 0.714. The molecule has 1 aromatic heterocycles. The molecule has 0 saturated carbocycles. The Labute approximate surface area is 114 Å². The summed E-state index contributed by atoms with van der Waals surface area (Å²) in [6.07, 6.45) is 4.46. The topological polar surface area (TPSA) is 55.0 Å². The Bertz CT molecular complexity index is 442. The van der Waals surface area contributed by atoms with E-state index in [1.165, 1.54) is 6.42 Å². The van der Waals surface area contributed by atoms with Crippen LogP contribution in [0.1, 0.15) is 40.0 Å². The summed E-state index contributed by atoms with van der Waals surface area (Å²) in [7, 11) is 0. The van der Waals surface area contributed by atoms with Crippen LogP contribution in [0.15, 0.2) is 6.20 Å². The Hall–Kier alpha value is -1.39. The molecule has 1 aliphatic rings. The molecule has 2 heterocycles. The Morgan fingerprint density at radius 1 is 1.32 bits per heavy atom. The van der Waals surface area contributed by atoms with E-state index in [9.17, 15) is 4.39 Å². The molecule has 0 bridgehead atoms. The van der Waals surface area contributed by atoms with Gasteiger partial charge in [-0.05, 0) is 30.6 Å². The average Bonchev–Trinajstić information content (AvgIpc) is 2.57. The number of halogens is 1. The zero-order valence-electron chi connectivity index (χ0n) is 12.0. The van der Waals surface area contributed by atoms with E-state index in [0.29, 0.717) is 17.2 Å². The molecule has 0 aliphatic carbocycles. The highest BCUT2D eigenvalue weighted by Gasteiger charge is 2.28. The molecule has 19 heavy (non-hydrogen) atoms. The zero-order chi connectivity index (χ0) is 14.0. The van der Waals surface area contributed by atoms with Gasteiger partial charge in [-0.15, -0.1) is 0 Å². The number of hydrogen-bond donors (Lipinski definition) is 1. The highest BCUT2D eigenvalue weighted by molar-refractivity contribution is 5.42. The standard InChI is InChI=1S/C14H23FN4/c1-14(2,3)10-5-4-7-19(8-6-10)12-11(15)9-17-13(16)18-12/h9-10H,4-8H2,1-3H3,(H2,16,17,18). The maximum atomic E-state index is 13.8. The van der Waals surface area contributed by atoms with Crippen LogP contribution in [0.4, 0.5) is 16.2 Å². The molecule has 0 radical (unpaired) electrons. The van der Waals surface area contributed by atoms with E-state index in [2.05, 4.69) is 30.7 Å². The number of nitrogens with zero attached hydrogens (tertiary/aromatic N) is 3. The predicted octanol–water partition coefficient (Wildman–Crippen LogP) is 2.85. The lowest BCUT2D eigenvalue weighted by Crippen LogP contribution is -2.28. The van der Waals surface area contributed by atoms with Gasteiger partial charge in [-0.2, -0.15) is 4.98 Å². The molecule has 1 atom stereocenters. The average molecular weight is 266 g/mol. The summed E-state index contributed by atoms with van der Waals surface area (Å²) in [5, 5.41) is 0. The fourth-order valence-corrected chi connectivity index (χ4v) is 2.77. The molecule has 0 spiro atoms. The van der Waals surface area contributed by atoms with Crippen molar-refractivity contribution in [1.29, 1.82) is 0 Å². The second-order valence-electron chi connectivity index (χ2n) is 6.38. The Kier molecular flexibility index (Phi) is 3.92. The summed E-state index contributed by atoms with van der Waals surface area (Å²) < 4.78 is 13.8. The minimum atomic E-state index is -0.386. The van der Waals surface area contributed by atoms with Gasteiger partial charge >= 0.3 is 0 Å². The molecule has 106 valence electrons. The van der Waals surface area contributed by atoms with Crippen LogP contribution in [-0.2, 0) is 0 Å². The summed E-state index contributed by atoms with van der Waals surface area (Å²) in [5.74, 6) is 0.762. The second-order valence-corrected chi connectivity index (χ2v) is 6.38. The molecule has 0 amide bonds. The third-order valence-corrected chi connectivity index (χ3v) is 4.00. The summed E-state index contributed by atoms with van der Waals surface area (Å²) in [6.45, 7) is 8.49. The lowest BCUT2D eigenvalue weighted by Gasteiger charge is -2.29. The predicted molar refractivity (Wildman–Crippen MR) is 75.4 cm³/mol. The van der Waals surface area contributed by atoms with Gasteiger partial charge in [0.05, 0.1) is 6.20 Å². The largest absolute Gasteiger partial charge is 0.368 e. The zero-order valence-corrected chi connectivity index (χ0v) is 12.0. The van der Waals surface area contributed by atoms with Gasteiger partial charge in [0.15, 0.2) is 11.6 Å². The van der Waals surface area contributed by atoms with E-state index in [-0.39, 0.29) is 11.8 Å². The lowest BCUT2D eigenvalue weighted by molar-refractivity contribution is 0.220. The van der Waals surface area contributed by atoms with E-state index in [1.807, 2.05) is 4.90 Å². The van der Waals surface area contributed by atoms with E-state index in [0.717, 1.165) is 32.1 Å². The first-order valence-corrected chi connectivity index (χ1v) is 6.91. The van der Waals surface area contributed by atoms with Crippen LogP contribution in [0.3, 0.4) is 0 Å². The van der Waals surface area contributed by atoms with Crippen molar-refractivity contribution < 1.29 is 4.39 Å². The van der Waals surface area contributed by atoms with Crippen LogP contribution >= 0.6 is 0 Å². The van der Waals surface area contributed by atoms with Gasteiger partial charge < -0.3 is 10.6 Å². The van der Waals surface area contributed by atoms with E-state index >= 15 is 0 Å². The molecular formula is C14H23FN4. The van der Waals surface area contributed by atoms with Crippen LogP contribution in [0, 0.1) is 17.2 Å². The van der Waals surface area contributed by atoms with Crippen molar-refractivity contribution in [2.75, 3.05) is 23.7 Å². The molecule has 1 fully saturated rings. The molecule has 5 heteroatoms. The fourth-order valence-electron chi connectivity index (χ4n) is 2.77. The third kappa shape index (κ3) is 3.33. The highest BCUT2D eigenvalue weighted by atomic mass is 19.1. The number of anilines is 2. The monoisotopic (exact) mass is 266 g/mol. The number of hydrogen-bond acceptors (Lipinski definition) is 4. The SMILES string of the molecule is CC(C)(C)C1CCCN(c2nc(N)ncc2F)CC1. The Morgan fingerprint density at radius 2 is 2.05 bits per heavy atom. The van der Waals surface area contributed by atoms with Crippen molar-refractivity contribution in [2.45, 2.75) is 40.0 Å². The van der Waals surface area contributed by atoms with Gasteiger partial charge in [0.1, 0.15) is 0 Å². The normalized spacial score (nSPS) is 21.3. The van der Waals surface area contributed by atoms with Gasteiger partial charge in [0, 0.05) is 13.1 Å². The first-order chi connectivity index (χ1) is 8.88. The molecule has 4 nitrogen and oxygen atoms in total. The van der Waals surface area contributed by atoms with Gasteiger partial charge in [-0.1, -0.05) is 20.8 Å². The smallest absolute Gasteiger partial charge is 0.222 e. The van der Waals surface area contributed by atoms with Crippen molar-refractivity contribution in [2.24, 2.45) is 11.3 Å². The third-order valence-electron chi connectivity index (χ3n) is 4.00. The first-order valence-electron chi connectivity index (χ1n) is 6.91. The van der Waals surface area contributed by atoms with Crippen molar-refractivity contribution in [3.05, 3.63) is 12.0 Å². The second kappa shape index (κ2) is 5.31. The van der Waals surface area contributed by atoms with Crippen LogP contribution in [0.5, 0.6) is 0 Å². The summed E-state index contributed by atoms with van der Waals surface area (Å²) in [6, 6.07) is 0. The Balaban J connectivity index is 2.13. The van der Waals surface area contributed by atoms with Crippen molar-refractivity contribution in [3.63, 3.8) is 0 Å². The number of aromatic nitrogens is 2. The minimum Gasteiger partial charge on any atom is -0.368 e. The van der Waals surface area contributed by atoms with Crippen LogP contribution in [0.25, 0.3) is 0 Å². The molecule has 1 unspecified atom stereocenters. The quantitative estimate of drug-likeness (QED) is 0.849. The van der Waals surface area contributed by atoms with Crippen LogP contribution < -0.4 is 10.6 Å². The van der Waals surface area contributed by atoms with Crippen molar-refractivity contribution in [1.82, 2.24) is 9.97 Å². The Morgan fingerprint density at radius 3 is 2.74 bits per heavy atom. The first kappa shape index (κ1) is 14.0. The van der Waals surface area contributed by atoms with Crippen molar-refractivity contribution in [3.8, 4) is 0 Å². The highest BCUT2D eigenvalue weighted by Crippen LogP contribution is 2.35. The summed E-state index contributed by atoms with van der Waals surface area (Å²) >= 11 is 0. The van der Waals surface area contributed by atoms with Gasteiger partial charge in [-0.25, -0.2) is 9.37 Å². The minimum absolute atomic E-state index is 0.132. The van der Waals surface area contributed by atoms with Gasteiger partial charge in [0.2, 0.25) is 5.95 Å². The molecule has 0 aromatic carbocycles. The van der Waals surface area contributed by atoms with E-state index in [1.54, 1.807) is 0 Å². The van der Waals surface area contributed by atoms with Crippen molar-refractivity contribution >= 4 is 11.8 Å². The number of nitrogen functional groups attached to an aromatic ring is 1. The number of nitrogens with two attached hydrogens (primary N) is 1. The molecule has 1 saturated heterocycles. The summed E-state index contributed by atoms with van der Waals surface area (Å²) in [5.41, 5.74) is 5.86. The molecular weight excluding hydrogens is 243 g/mol. The van der Waals surface area contributed by atoms with Crippen LogP contribution in [-0.4, -0.2) is 23.1 Å². The lowest BCUT2D eigenvalue weighted by atomic mass is 9.77. The van der Waals surface area contributed by atoms with E-state index in [4.69, 9.17) is 5.73 Å². The summed E-state index contributed by atoms with van der Waals surface area (Å²) in [4.78, 5) is 9.72. The maximum Gasteiger partial charge on any atom is 0.222 e. The maximum absolute atomic E-state index is 13.8. The molecule has 2 N–H and O–H groups in total. The van der Waals surface area contributed by atoms with E-state index < -0.39 is 0 Å². The number of rotatable bonds is 1. The van der Waals surface area contributed by atoms with Gasteiger partial charge in [-0.3, -0.25) is 0 Å². The molecule has 1 aliphatic heterocycles. The van der Waals surface area contributed by atoms with Gasteiger partial charge in [0.25, 0.3) is 0 Å². The van der Waals surface area contributed by atoms with Crippen LogP contribution in [0.2, 0.25) is 0 Å². The molecule has 2 rings (SSSR count). The molecule has 1 aromatic rings.